The van der Waals surface area contributed by atoms with Gasteiger partial charge in [0.15, 0.2) is 0 Å². The SMILES string of the molecule is CC(C)(C)CCC(=O)CC1(N)CCC1. The molecule has 0 atom stereocenters. The number of nitrogens with two attached hydrogens (primary N) is 1. The fourth-order valence-corrected chi connectivity index (χ4v) is 1.80. The van der Waals surface area contributed by atoms with Crippen molar-refractivity contribution in [2.24, 2.45) is 11.1 Å². The highest BCUT2D eigenvalue weighted by molar-refractivity contribution is 5.79. The molecule has 2 nitrogen and oxygen atoms in total. The van der Waals surface area contributed by atoms with Crippen molar-refractivity contribution in [1.29, 1.82) is 0 Å². The molecule has 0 bridgehead atoms. The van der Waals surface area contributed by atoms with Crippen molar-refractivity contribution in [3.8, 4) is 0 Å². The summed E-state index contributed by atoms with van der Waals surface area (Å²) in [4.78, 5) is 11.6. The Bertz CT molecular complexity index is 211. The summed E-state index contributed by atoms with van der Waals surface area (Å²) in [6, 6.07) is 0. The smallest absolute Gasteiger partial charge is 0.134 e. The molecule has 0 aromatic rings. The van der Waals surface area contributed by atoms with Crippen LogP contribution in [0.25, 0.3) is 0 Å². The maximum Gasteiger partial charge on any atom is 0.134 e. The molecule has 1 aliphatic rings. The van der Waals surface area contributed by atoms with E-state index in [1.165, 1.54) is 6.42 Å². The van der Waals surface area contributed by atoms with Gasteiger partial charge in [-0.3, -0.25) is 4.79 Å². The van der Waals surface area contributed by atoms with Crippen LogP contribution in [0.5, 0.6) is 0 Å². The second-order valence-electron chi connectivity index (χ2n) is 5.99. The number of ketones is 1. The second-order valence-corrected chi connectivity index (χ2v) is 5.99. The quantitative estimate of drug-likeness (QED) is 0.753. The van der Waals surface area contributed by atoms with Gasteiger partial charge in [-0.05, 0) is 31.1 Å². The first-order chi connectivity index (χ1) is 6.31. The van der Waals surface area contributed by atoms with E-state index in [4.69, 9.17) is 5.73 Å². The minimum Gasteiger partial charge on any atom is -0.325 e. The van der Waals surface area contributed by atoms with E-state index in [0.717, 1.165) is 19.3 Å². The van der Waals surface area contributed by atoms with Gasteiger partial charge in [-0.2, -0.15) is 0 Å². The predicted molar refractivity (Wildman–Crippen MR) is 59.1 cm³/mol. The highest BCUT2D eigenvalue weighted by Gasteiger charge is 2.34. The van der Waals surface area contributed by atoms with Crippen molar-refractivity contribution in [3.05, 3.63) is 0 Å². The Labute approximate surface area is 87.2 Å². The lowest BCUT2D eigenvalue weighted by Gasteiger charge is -2.37. The van der Waals surface area contributed by atoms with Crippen LogP contribution < -0.4 is 5.73 Å². The van der Waals surface area contributed by atoms with Crippen molar-refractivity contribution >= 4 is 5.78 Å². The van der Waals surface area contributed by atoms with E-state index in [2.05, 4.69) is 20.8 Å². The highest BCUT2D eigenvalue weighted by atomic mass is 16.1. The standard InChI is InChI=1S/C12H23NO/c1-11(2,3)8-5-10(14)9-12(13)6-4-7-12/h4-9,13H2,1-3H3. The summed E-state index contributed by atoms with van der Waals surface area (Å²) < 4.78 is 0. The maximum atomic E-state index is 11.6. The van der Waals surface area contributed by atoms with Crippen LogP contribution in [0, 0.1) is 5.41 Å². The second kappa shape index (κ2) is 4.01. The van der Waals surface area contributed by atoms with Crippen LogP contribution in [0.4, 0.5) is 0 Å². The Kier molecular flexibility index (Phi) is 3.36. The molecule has 0 saturated heterocycles. The minimum atomic E-state index is -0.130. The van der Waals surface area contributed by atoms with Gasteiger partial charge in [-0.15, -0.1) is 0 Å². The van der Waals surface area contributed by atoms with Crippen molar-refractivity contribution in [2.45, 2.75) is 64.8 Å². The van der Waals surface area contributed by atoms with Gasteiger partial charge < -0.3 is 5.73 Å². The Morgan fingerprint density at radius 3 is 2.29 bits per heavy atom. The summed E-state index contributed by atoms with van der Waals surface area (Å²) in [5.74, 6) is 0.349. The van der Waals surface area contributed by atoms with E-state index in [9.17, 15) is 4.79 Å². The topological polar surface area (TPSA) is 43.1 Å². The van der Waals surface area contributed by atoms with E-state index in [-0.39, 0.29) is 11.0 Å². The molecule has 0 radical (unpaired) electrons. The Balaban J connectivity index is 2.22. The number of carbonyl (C=O) groups excluding carboxylic acids is 1. The van der Waals surface area contributed by atoms with Crippen LogP contribution in [-0.2, 0) is 4.79 Å². The average molecular weight is 197 g/mol. The van der Waals surface area contributed by atoms with Gasteiger partial charge in [0.1, 0.15) is 5.78 Å². The average Bonchev–Trinajstić information content (AvgIpc) is 1.97. The number of carbonyl (C=O) groups is 1. The molecule has 2 N–H and O–H groups in total. The maximum absolute atomic E-state index is 11.6. The third-order valence-electron chi connectivity index (χ3n) is 3.05. The third kappa shape index (κ3) is 3.79. The van der Waals surface area contributed by atoms with Crippen LogP contribution in [0.2, 0.25) is 0 Å². The number of hydrogen-bond donors (Lipinski definition) is 1. The zero-order valence-corrected chi connectivity index (χ0v) is 9.73. The molecule has 0 aromatic carbocycles. The lowest BCUT2D eigenvalue weighted by Crippen LogP contribution is -2.48. The monoisotopic (exact) mass is 197 g/mol. The van der Waals surface area contributed by atoms with Crippen LogP contribution in [0.3, 0.4) is 0 Å². The van der Waals surface area contributed by atoms with Gasteiger partial charge in [0.2, 0.25) is 0 Å². The van der Waals surface area contributed by atoms with Crippen molar-refractivity contribution < 1.29 is 4.79 Å². The summed E-state index contributed by atoms with van der Waals surface area (Å²) in [5.41, 5.74) is 6.15. The van der Waals surface area contributed by atoms with Crippen molar-refractivity contribution in [1.82, 2.24) is 0 Å². The Hall–Kier alpha value is -0.370. The lowest BCUT2D eigenvalue weighted by atomic mass is 9.73. The molecule has 2 heteroatoms. The molecule has 0 unspecified atom stereocenters. The molecule has 1 fully saturated rings. The van der Waals surface area contributed by atoms with Gasteiger partial charge in [0.05, 0.1) is 0 Å². The summed E-state index contributed by atoms with van der Waals surface area (Å²) >= 11 is 0. The van der Waals surface area contributed by atoms with Crippen molar-refractivity contribution in [2.75, 3.05) is 0 Å². The van der Waals surface area contributed by atoms with Crippen LogP contribution in [-0.4, -0.2) is 11.3 Å². The van der Waals surface area contributed by atoms with E-state index in [0.29, 0.717) is 18.6 Å². The summed E-state index contributed by atoms with van der Waals surface area (Å²) in [5, 5.41) is 0. The number of hydrogen-bond acceptors (Lipinski definition) is 2. The molecule has 1 rings (SSSR count). The van der Waals surface area contributed by atoms with E-state index < -0.39 is 0 Å². The lowest BCUT2D eigenvalue weighted by molar-refractivity contribution is -0.121. The predicted octanol–water partition coefficient (Wildman–Crippen LogP) is 2.65. The van der Waals surface area contributed by atoms with E-state index in [1.54, 1.807) is 0 Å². The van der Waals surface area contributed by atoms with Crippen LogP contribution >= 0.6 is 0 Å². The first-order valence-electron chi connectivity index (χ1n) is 5.61. The first-order valence-corrected chi connectivity index (χ1v) is 5.61. The number of rotatable bonds is 4. The van der Waals surface area contributed by atoms with E-state index in [1.807, 2.05) is 0 Å². The molecule has 0 heterocycles. The molecular weight excluding hydrogens is 174 g/mol. The zero-order chi connectivity index (χ0) is 10.8. The first kappa shape index (κ1) is 11.7. The fraction of sp³-hybridized carbons (Fsp3) is 0.917. The van der Waals surface area contributed by atoms with Gasteiger partial charge >= 0.3 is 0 Å². The molecule has 0 spiro atoms. The molecule has 1 saturated carbocycles. The van der Waals surface area contributed by atoms with E-state index >= 15 is 0 Å². The molecule has 0 aromatic heterocycles. The number of Topliss-reactive ketones (excluding diaryl/α,β-unsaturated/α-hetero) is 1. The summed E-state index contributed by atoms with van der Waals surface area (Å²) in [6.45, 7) is 6.51. The molecule has 14 heavy (non-hydrogen) atoms. The normalized spacial score (nSPS) is 20.3. The molecule has 82 valence electrons. The Morgan fingerprint density at radius 1 is 1.36 bits per heavy atom. The zero-order valence-electron chi connectivity index (χ0n) is 9.73. The Morgan fingerprint density at radius 2 is 1.93 bits per heavy atom. The summed E-state index contributed by atoms with van der Waals surface area (Å²) in [6.07, 6.45) is 5.54. The van der Waals surface area contributed by atoms with Crippen LogP contribution in [0.15, 0.2) is 0 Å². The third-order valence-corrected chi connectivity index (χ3v) is 3.05. The molecule has 1 aliphatic carbocycles. The van der Waals surface area contributed by atoms with Gasteiger partial charge in [-0.25, -0.2) is 0 Å². The van der Waals surface area contributed by atoms with Gasteiger partial charge in [0, 0.05) is 18.4 Å². The fourth-order valence-electron chi connectivity index (χ4n) is 1.80. The minimum absolute atomic E-state index is 0.130. The summed E-state index contributed by atoms with van der Waals surface area (Å²) in [7, 11) is 0. The van der Waals surface area contributed by atoms with Crippen molar-refractivity contribution in [3.63, 3.8) is 0 Å². The molecule has 0 amide bonds. The molecule has 0 aliphatic heterocycles. The highest BCUT2D eigenvalue weighted by Crippen LogP contribution is 2.33. The molecular formula is C12H23NO. The van der Waals surface area contributed by atoms with Gasteiger partial charge in [-0.1, -0.05) is 20.8 Å². The largest absolute Gasteiger partial charge is 0.325 e. The van der Waals surface area contributed by atoms with Gasteiger partial charge in [0.25, 0.3) is 0 Å². The van der Waals surface area contributed by atoms with Crippen LogP contribution in [0.1, 0.15) is 59.3 Å².